The van der Waals surface area contributed by atoms with Gasteiger partial charge in [-0.05, 0) is 30.2 Å². The number of hydrogen-bond acceptors (Lipinski definition) is 6. The smallest absolute Gasteiger partial charge is 0.326 e. The highest BCUT2D eigenvalue weighted by Gasteiger charge is 2.32. The Bertz CT molecular complexity index is 792. The molecule has 28 heavy (non-hydrogen) atoms. The van der Waals surface area contributed by atoms with Gasteiger partial charge in [0.2, 0.25) is 5.91 Å². The van der Waals surface area contributed by atoms with Crippen molar-refractivity contribution >= 4 is 52.2 Å². The molecule has 2 rings (SSSR count). The number of carboxylic acids is 1. The molecule has 1 fully saturated rings. The maximum Gasteiger partial charge on any atom is 0.326 e. The van der Waals surface area contributed by atoms with Crippen LogP contribution in [0.25, 0.3) is 6.08 Å². The standard InChI is InChI=1S/C19H22N2O5S2/c1-3-4-14(18(24)25)20-16(22)9-10-21-17(23)15(28-19(21)27)11-12-5-7-13(26-2)8-6-12/h5-8,11,14H,3-4,9-10H2,1-2H3,(H,20,22)(H,24,25)/b15-11+. The Morgan fingerprint density at radius 1 is 1.36 bits per heavy atom. The highest BCUT2D eigenvalue weighted by atomic mass is 32.2. The number of carbonyl (C=O) groups is 3. The maximum atomic E-state index is 12.6. The molecule has 1 heterocycles. The quantitative estimate of drug-likeness (QED) is 0.466. The first-order chi connectivity index (χ1) is 13.3. The molecule has 1 aromatic rings. The normalized spacial score (nSPS) is 16.4. The summed E-state index contributed by atoms with van der Waals surface area (Å²) in [5.74, 6) is -1.03. The Hall–Kier alpha value is -2.39. The minimum atomic E-state index is -1.07. The van der Waals surface area contributed by atoms with Gasteiger partial charge in [-0.1, -0.05) is 49.5 Å². The van der Waals surface area contributed by atoms with Gasteiger partial charge in [-0.15, -0.1) is 0 Å². The van der Waals surface area contributed by atoms with E-state index in [0.717, 1.165) is 11.3 Å². The van der Waals surface area contributed by atoms with Crippen molar-refractivity contribution in [1.29, 1.82) is 0 Å². The Kier molecular flexibility index (Phi) is 8.01. The van der Waals surface area contributed by atoms with Crippen molar-refractivity contribution in [2.45, 2.75) is 32.2 Å². The average Bonchev–Trinajstić information content (AvgIpc) is 2.93. The third kappa shape index (κ3) is 5.80. The number of aliphatic carboxylic acids is 1. The fraction of sp³-hybridized carbons (Fsp3) is 0.368. The van der Waals surface area contributed by atoms with Gasteiger partial charge < -0.3 is 15.2 Å². The summed E-state index contributed by atoms with van der Waals surface area (Å²) in [5, 5.41) is 11.6. The van der Waals surface area contributed by atoms with Crippen LogP contribution in [0.15, 0.2) is 29.2 Å². The Balaban J connectivity index is 1.96. The fourth-order valence-corrected chi connectivity index (χ4v) is 3.88. The number of amides is 2. The number of carboxylic acid groups (broad SMARTS) is 1. The number of thioether (sulfide) groups is 1. The molecular weight excluding hydrogens is 400 g/mol. The van der Waals surface area contributed by atoms with Crippen LogP contribution in [0.3, 0.4) is 0 Å². The lowest BCUT2D eigenvalue weighted by Gasteiger charge is -2.16. The van der Waals surface area contributed by atoms with Crippen molar-refractivity contribution in [3.05, 3.63) is 34.7 Å². The second kappa shape index (κ2) is 10.2. The van der Waals surface area contributed by atoms with Crippen molar-refractivity contribution in [2.75, 3.05) is 13.7 Å². The van der Waals surface area contributed by atoms with E-state index < -0.39 is 17.9 Å². The lowest BCUT2D eigenvalue weighted by atomic mass is 10.1. The zero-order valence-electron chi connectivity index (χ0n) is 15.6. The van der Waals surface area contributed by atoms with Crippen molar-refractivity contribution in [3.63, 3.8) is 0 Å². The van der Waals surface area contributed by atoms with Gasteiger partial charge in [-0.3, -0.25) is 14.5 Å². The molecule has 2 amide bonds. The molecule has 1 unspecified atom stereocenters. The largest absolute Gasteiger partial charge is 0.497 e. The van der Waals surface area contributed by atoms with Crippen LogP contribution in [-0.2, 0) is 14.4 Å². The van der Waals surface area contributed by atoms with E-state index in [1.165, 1.54) is 16.7 Å². The highest BCUT2D eigenvalue weighted by molar-refractivity contribution is 8.26. The van der Waals surface area contributed by atoms with E-state index in [4.69, 9.17) is 22.1 Å². The second-order valence-electron chi connectivity index (χ2n) is 6.10. The minimum absolute atomic E-state index is 0.0181. The molecule has 0 saturated carbocycles. The van der Waals surface area contributed by atoms with Gasteiger partial charge in [0.1, 0.15) is 16.1 Å². The van der Waals surface area contributed by atoms with Gasteiger partial charge in [0.15, 0.2) is 0 Å². The van der Waals surface area contributed by atoms with Crippen molar-refractivity contribution in [3.8, 4) is 5.75 Å². The number of thiocarbonyl (C=S) groups is 1. The molecule has 0 bridgehead atoms. The molecule has 1 atom stereocenters. The number of hydrogen-bond donors (Lipinski definition) is 2. The first-order valence-corrected chi connectivity index (χ1v) is 9.99. The zero-order valence-corrected chi connectivity index (χ0v) is 17.3. The third-order valence-corrected chi connectivity index (χ3v) is 5.44. The molecule has 2 N–H and O–H groups in total. The van der Waals surface area contributed by atoms with Gasteiger partial charge >= 0.3 is 5.97 Å². The van der Waals surface area contributed by atoms with Crippen LogP contribution >= 0.6 is 24.0 Å². The van der Waals surface area contributed by atoms with Crippen molar-refractivity contribution < 1.29 is 24.2 Å². The zero-order chi connectivity index (χ0) is 20.7. The van der Waals surface area contributed by atoms with Crippen LogP contribution in [0.2, 0.25) is 0 Å². The summed E-state index contributed by atoms with van der Waals surface area (Å²) in [4.78, 5) is 37.6. The molecule has 7 nitrogen and oxygen atoms in total. The lowest BCUT2D eigenvalue weighted by Crippen LogP contribution is -2.42. The predicted octanol–water partition coefficient (Wildman–Crippen LogP) is 2.66. The van der Waals surface area contributed by atoms with Gasteiger partial charge in [-0.25, -0.2) is 4.79 Å². The molecule has 0 radical (unpaired) electrons. The number of nitrogens with zero attached hydrogens (tertiary/aromatic N) is 1. The second-order valence-corrected chi connectivity index (χ2v) is 7.78. The van der Waals surface area contributed by atoms with E-state index in [9.17, 15) is 14.4 Å². The lowest BCUT2D eigenvalue weighted by molar-refractivity contribution is -0.142. The van der Waals surface area contributed by atoms with Crippen LogP contribution in [0.5, 0.6) is 5.75 Å². The number of carbonyl (C=O) groups excluding carboxylic acids is 2. The summed E-state index contributed by atoms with van der Waals surface area (Å²) >= 11 is 6.43. The first kappa shape index (κ1) is 21.9. The number of benzene rings is 1. The van der Waals surface area contributed by atoms with Crippen molar-refractivity contribution in [2.24, 2.45) is 0 Å². The van der Waals surface area contributed by atoms with Gasteiger partial charge in [-0.2, -0.15) is 0 Å². The summed E-state index contributed by atoms with van der Waals surface area (Å²) in [6.45, 7) is 1.95. The fourth-order valence-electron chi connectivity index (χ4n) is 2.57. The van der Waals surface area contributed by atoms with Gasteiger partial charge in [0, 0.05) is 13.0 Å². The monoisotopic (exact) mass is 422 g/mol. The first-order valence-electron chi connectivity index (χ1n) is 8.77. The van der Waals surface area contributed by atoms with E-state index in [1.54, 1.807) is 25.3 Å². The molecule has 0 aromatic heterocycles. The SMILES string of the molecule is CCCC(NC(=O)CCN1C(=O)/C(=C\c2ccc(OC)cc2)SC1=S)C(=O)O. The average molecular weight is 423 g/mol. The molecule has 150 valence electrons. The molecular formula is C19H22N2O5S2. The number of methoxy groups -OCH3 is 1. The molecule has 0 spiro atoms. The van der Waals surface area contributed by atoms with Crippen LogP contribution in [0, 0.1) is 0 Å². The summed E-state index contributed by atoms with van der Waals surface area (Å²) in [7, 11) is 1.58. The molecule has 1 aliphatic rings. The van der Waals surface area contributed by atoms with E-state index in [-0.39, 0.29) is 18.9 Å². The predicted molar refractivity (Wildman–Crippen MR) is 112 cm³/mol. The third-order valence-electron chi connectivity index (χ3n) is 4.06. The summed E-state index contributed by atoms with van der Waals surface area (Å²) in [6.07, 6.45) is 2.71. The van der Waals surface area contributed by atoms with Crippen LogP contribution in [-0.4, -0.2) is 51.8 Å². The Morgan fingerprint density at radius 3 is 2.61 bits per heavy atom. The van der Waals surface area contributed by atoms with Crippen LogP contribution < -0.4 is 10.1 Å². The topological polar surface area (TPSA) is 95.9 Å². The van der Waals surface area contributed by atoms with Gasteiger partial charge in [0.25, 0.3) is 5.91 Å². The summed E-state index contributed by atoms with van der Waals surface area (Å²) in [6, 6.07) is 6.34. The number of nitrogens with one attached hydrogen (secondary N) is 1. The van der Waals surface area contributed by atoms with E-state index in [0.29, 0.717) is 22.1 Å². The van der Waals surface area contributed by atoms with Gasteiger partial charge in [0.05, 0.1) is 12.0 Å². The van der Waals surface area contributed by atoms with Crippen LogP contribution in [0.4, 0.5) is 0 Å². The van der Waals surface area contributed by atoms with E-state index >= 15 is 0 Å². The molecule has 9 heteroatoms. The summed E-state index contributed by atoms with van der Waals surface area (Å²) in [5.41, 5.74) is 0.836. The molecule has 1 saturated heterocycles. The van der Waals surface area contributed by atoms with E-state index in [2.05, 4.69) is 5.32 Å². The van der Waals surface area contributed by atoms with Crippen LogP contribution in [0.1, 0.15) is 31.7 Å². The molecule has 1 aliphatic heterocycles. The number of rotatable bonds is 9. The van der Waals surface area contributed by atoms with E-state index in [1.807, 2.05) is 19.1 Å². The maximum absolute atomic E-state index is 12.6. The molecule has 0 aliphatic carbocycles. The Labute approximate surface area is 173 Å². The Morgan fingerprint density at radius 2 is 2.04 bits per heavy atom. The summed E-state index contributed by atoms with van der Waals surface area (Å²) < 4.78 is 5.49. The molecule has 1 aromatic carbocycles. The number of ether oxygens (including phenoxy) is 1. The van der Waals surface area contributed by atoms with Crippen molar-refractivity contribution in [1.82, 2.24) is 10.2 Å². The minimum Gasteiger partial charge on any atom is -0.497 e. The highest BCUT2D eigenvalue weighted by Crippen LogP contribution is 2.32.